The SMILES string of the molecule is Cc1nc(S(=O)(=O)NC(C)(CN)c2ccccc2)cn1C. The van der Waals surface area contributed by atoms with Crippen molar-refractivity contribution in [3.63, 3.8) is 0 Å². The molecule has 1 unspecified atom stereocenters. The molecule has 2 rings (SSSR count). The number of hydrogen-bond donors (Lipinski definition) is 2. The van der Waals surface area contributed by atoms with Crippen molar-refractivity contribution in [2.45, 2.75) is 24.4 Å². The van der Waals surface area contributed by atoms with Crippen molar-refractivity contribution in [2.24, 2.45) is 12.8 Å². The van der Waals surface area contributed by atoms with Crippen molar-refractivity contribution < 1.29 is 8.42 Å². The van der Waals surface area contributed by atoms with E-state index in [1.54, 1.807) is 25.5 Å². The second kappa shape index (κ2) is 5.59. The molecule has 0 bridgehead atoms. The van der Waals surface area contributed by atoms with E-state index in [1.807, 2.05) is 30.3 Å². The average molecular weight is 308 g/mol. The van der Waals surface area contributed by atoms with Gasteiger partial charge in [-0.15, -0.1) is 0 Å². The summed E-state index contributed by atoms with van der Waals surface area (Å²) >= 11 is 0. The summed E-state index contributed by atoms with van der Waals surface area (Å²) in [6.07, 6.45) is 1.49. The minimum atomic E-state index is -3.74. The van der Waals surface area contributed by atoms with Crippen LogP contribution in [0, 0.1) is 6.92 Å². The van der Waals surface area contributed by atoms with E-state index in [4.69, 9.17) is 5.73 Å². The lowest BCUT2D eigenvalue weighted by molar-refractivity contribution is 0.440. The molecule has 2 aromatic rings. The summed E-state index contributed by atoms with van der Waals surface area (Å²) in [5, 5.41) is -0.00175. The van der Waals surface area contributed by atoms with Gasteiger partial charge in [-0.1, -0.05) is 30.3 Å². The maximum absolute atomic E-state index is 12.5. The predicted octanol–water partition coefficient (Wildman–Crippen LogP) is 0.881. The Morgan fingerprint density at radius 2 is 1.95 bits per heavy atom. The highest BCUT2D eigenvalue weighted by molar-refractivity contribution is 7.89. The van der Waals surface area contributed by atoms with E-state index in [9.17, 15) is 8.42 Å². The molecule has 0 aliphatic rings. The molecular formula is C14H20N4O2S. The van der Waals surface area contributed by atoms with Crippen molar-refractivity contribution in [2.75, 3.05) is 6.54 Å². The fourth-order valence-electron chi connectivity index (χ4n) is 2.03. The van der Waals surface area contributed by atoms with Gasteiger partial charge in [-0.2, -0.15) is 4.72 Å². The number of nitrogens with zero attached hydrogens (tertiary/aromatic N) is 2. The summed E-state index contributed by atoms with van der Waals surface area (Å²) in [4.78, 5) is 4.07. The molecule has 114 valence electrons. The standard InChI is InChI=1S/C14H20N4O2S/c1-11-16-13(9-18(11)3)21(19,20)17-14(2,10-15)12-7-5-4-6-8-12/h4-9,17H,10,15H2,1-3H3. The van der Waals surface area contributed by atoms with Crippen LogP contribution in [0.2, 0.25) is 0 Å². The Morgan fingerprint density at radius 1 is 1.33 bits per heavy atom. The number of imidazole rings is 1. The van der Waals surface area contributed by atoms with Crippen LogP contribution in [0.15, 0.2) is 41.6 Å². The molecule has 0 radical (unpaired) electrons. The number of sulfonamides is 1. The topological polar surface area (TPSA) is 90.0 Å². The second-order valence-corrected chi connectivity index (χ2v) is 6.87. The molecule has 7 heteroatoms. The number of nitrogens with one attached hydrogen (secondary N) is 1. The summed E-state index contributed by atoms with van der Waals surface area (Å²) < 4.78 is 29.3. The van der Waals surface area contributed by atoms with Crippen molar-refractivity contribution in [3.05, 3.63) is 47.9 Å². The molecule has 0 saturated carbocycles. The van der Waals surface area contributed by atoms with Crippen molar-refractivity contribution >= 4 is 10.0 Å². The second-order valence-electron chi connectivity index (χ2n) is 5.25. The largest absolute Gasteiger partial charge is 0.337 e. The number of hydrogen-bond acceptors (Lipinski definition) is 4. The Morgan fingerprint density at radius 3 is 2.43 bits per heavy atom. The molecule has 1 atom stereocenters. The number of aryl methyl sites for hydroxylation is 2. The normalized spacial score (nSPS) is 14.9. The van der Waals surface area contributed by atoms with Crippen LogP contribution < -0.4 is 10.5 Å². The number of nitrogens with two attached hydrogens (primary N) is 1. The van der Waals surface area contributed by atoms with Gasteiger partial charge in [0, 0.05) is 19.8 Å². The highest BCUT2D eigenvalue weighted by atomic mass is 32.2. The molecular weight excluding hydrogens is 288 g/mol. The Labute approximate surface area is 125 Å². The van der Waals surface area contributed by atoms with Crippen LogP contribution in [0.5, 0.6) is 0 Å². The van der Waals surface area contributed by atoms with Gasteiger partial charge in [0.1, 0.15) is 5.82 Å². The zero-order chi connectivity index (χ0) is 15.7. The summed E-state index contributed by atoms with van der Waals surface area (Å²) in [7, 11) is -1.99. The van der Waals surface area contributed by atoms with Gasteiger partial charge in [-0.25, -0.2) is 13.4 Å². The van der Waals surface area contributed by atoms with Gasteiger partial charge >= 0.3 is 0 Å². The highest BCUT2D eigenvalue weighted by Gasteiger charge is 2.32. The summed E-state index contributed by atoms with van der Waals surface area (Å²) in [6.45, 7) is 3.65. The number of rotatable bonds is 5. The molecule has 6 nitrogen and oxygen atoms in total. The lowest BCUT2D eigenvalue weighted by Crippen LogP contribution is -2.48. The van der Waals surface area contributed by atoms with E-state index in [0.29, 0.717) is 5.82 Å². The monoisotopic (exact) mass is 308 g/mol. The van der Waals surface area contributed by atoms with E-state index < -0.39 is 15.6 Å². The van der Waals surface area contributed by atoms with Gasteiger partial charge < -0.3 is 10.3 Å². The van der Waals surface area contributed by atoms with Crippen LogP contribution in [0.25, 0.3) is 0 Å². The van der Waals surface area contributed by atoms with Crippen LogP contribution in [0.4, 0.5) is 0 Å². The van der Waals surface area contributed by atoms with Gasteiger partial charge in [0.2, 0.25) is 0 Å². The zero-order valence-electron chi connectivity index (χ0n) is 12.4. The predicted molar refractivity (Wildman–Crippen MR) is 81.1 cm³/mol. The van der Waals surface area contributed by atoms with Crippen LogP contribution in [-0.2, 0) is 22.6 Å². The number of aromatic nitrogens is 2. The minimum absolute atomic E-state index is 0.00175. The van der Waals surface area contributed by atoms with E-state index >= 15 is 0 Å². The van der Waals surface area contributed by atoms with Crippen molar-refractivity contribution in [3.8, 4) is 0 Å². The van der Waals surface area contributed by atoms with E-state index in [1.165, 1.54) is 6.20 Å². The third-order valence-electron chi connectivity index (χ3n) is 3.54. The van der Waals surface area contributed by atoms with Crippen LogP contribution in [0.3, 0.4) is 0 Å². The summed E-state index contributed by atoms with van der Waals surface area (Å²) in [5.41, 5.74) is 5.73. The third-order valence-corrected chi connectivity index (χ3v) is 5.01. The quantitative estimate of drug-likeness (QED) is 0.858. The Balaban J connectivity index is 2.38. The van der Waals surface area contributed by atoms with Gasteiger partial charge in [0.15, 0.2) is 5.03 Å². The van der Waals surface area contributed by atoms with Crippen LogP contribution in [0.1, 0.15) is 18.3 Å². The third kappa shape index (κ3) is 3.15. The first-order valence-corrected chi connectivity index (χ1v) is 8.06. The first-order valence-electron chi connectivity index (χ1n) is 6.58. The van der Waals surface area contributed by atoms with Crippen molar-refractivity contribution in [1.29, 1.82) is 0 Å². The van der Waals surface area contributed by atoms with E-state index in [0.717, 1.165) is 5.56 Å². The van der Waals surface area contributed by atoms with Crippen LogP contribution in [-0.4, -0.2) is 24.5 Å². The molecule has 0 aliphatic carbocycles. The molecule has 1 heterocycles. The fourth-order valence-corrected chi connectivity index (χ4v) is 3.48. The lowest BCUT2D eigenvalue weighted by Gasteiger charge is -2.29. The molecule has 0 fully saturated rings. The number of benzene rings is 1. The average Bonchev–Trinajstić information content (AvgIpc) is 2.80. The first-order chi connectivity index (χ1) is 9.78. The fraction of sp³-hybridized carbons (Fsp3) is 0.357. The van der Waals surface area contributed by atoms with Gasteiger partial charge in [-0.3, -0.25) is 0 Å². The molecule has 3 N–H and O–H groups in total. The van der Waals surface area contributed by atoms with Gasteiger partial charge in [-0.05, 0) is 19.4 Å². The molecule has 0 aliphatic heterocycles. The van der Waals surface area contributed by atoms with Gasteiger partial charge in [0.05, 0.1) is 5.54 Å². The molecule has 0 saturated heterocycles. The lowest BCUT2D eigenvalue weighted by atomic mass is 9.94. The highest BCUT2D eigenvalue weighted by Crippen LogP contribution is 2.22. The molecule has 0 amide bonds. The molecule has 0 spiro atoms. The molecule has 1 aromatic carbocycles. The molecule has 21 heavy (non-hydrogen) atoms. The van der Waals surface area contributed by atoms with Crippen LogP contribution >= 0.6 is 0 Å². The summed E-state index contributed by atoms with van der Waals surface area (Å²) in [5.74, 6) is 0.629. The Hall–Kier alpha value is -1.70. The Bertz CT molecular complexity index is 705. The minimum Gasteiger partial charge on any atom is -0.337 e. The first kappa shape index (κ1) is 15.7. The Kier molecular flexibility index (Phi) is 4.18. The smallest absolute Gasteiger partial charge is 0.260 e. The summed E-state index contributed by atoms with van der Waals surface area (Å²) in [6, 6.07) is 9.26. The van der Waals surface area contributed by atoms with Gasteiger partial charge in [0.25, 0.3) is 10.0 Å². The van der Waals surface area contributed by atoms with E-state index in [2.05, 4.69) is 9.71 Å². The van der Waals surface area contributed by atoms with Crippen molar-refractivity contribution in [1.82, 2.24) is 14.3 Å². The maximum Gasteiger partial charge on any atom is 0.260 e. The molecule has 1 aromatic heterocycles. The van der Waals surface area contributed by atoms with E-state index in [-0.39, 0.29) is 11.6 Å². The maximum atomic E-state index is 12.5. The zero-order valence-corrected chi connectivity index (χ0v) is 13.2.